The predicted molar refractivity (Wildman–Crippen MR) is 96.5 cm³/mol. The first kappa shape index (κ1) is 17.7. The summed E-state index contributed by atoms with van der Waals surface area (Å²) in [5, 5.41) is 9.06. The molecular formula is C18H22N2O4S. The van der Waals surface area contributed by atoms with Crippen molar-refractivity contribution in [1.82, 2.24) is 4.72 Å². The lowest BCUT2D eigenvalue weighted by Gasteiger charge is -2.19. The van der Waals surface area contributed by atoms with Crippen LogP contribution in [-0.4, -0.2) is 46.4 Å². The second kappa shape index (κ2) is 7.43. The van der Waals surface area contributed by atoms with Gasteiger partial charge in [-0.2, -0.15) is 0 Å². The Morgan fingerprint density at radius 1 is 1.24 bits per heavy atom. The van der Waals surface area contributed by atoms with E-state index in [9.17, 15) is 8.42 Å². The lowest BCUT2D eigenvalue weighted by molar-refractivity contribution is 0.279. The van der Waals surface area contributed by atoms with Gasteiger partial charge < -0.3 is 14.7 Å². The number of anilines is 1. The normalized spacial score (nSPS) is 18.7. The SMILES string of the molecule is CN(CCO)c1ccc2c(c1)OC[C@@H](Cc1ccccc1)NS2(=O)=O. The van der Waals surface area contributed by atoms with Gasteiger partial charge in [0, 0.05) is 25.3 Å². The van der Waals surface area contributed by atoms with E-state index < -0.39 is 10.0 Å². The zero-order valence-electron chi connectivity index (χ0n) is 14.1. The highest BCUT2D eigenvalue weighted by Crippen LogP contribution is 2.31. The molecule has 0 saturated carbocycles. The molecule has 0 aromatic heterocycles. The Bertz CT molecular complexity index is 824. The van der Waals surface area contributed by atoms with Gasteiger partial charge in [0.25, 0.3) is 0 Å². The zero-order chi connectivity index (χ0) is 17.9. The summed E-state index contributed by atoms with van der Waals surface area (Å²) in [7, 11) is -1.81. The van der Waals surface area contributed by atoms with E-state index in [0.717, 1.165) is 11.3 Å². The Morgan fingerprint density at radius 3 is 2.72 bits per heavy atom. The van der Waals surface area contributed by atoms with E-state index in [1.807, 2.05) is 42.3 Å². The molecule has 0 aliphatic carbocycles. The van der Waals surface area contributed by atoms with Gasteiger partial charge in [0.1, 0.15) is 17.3 Å². The van der Waals surface area contributed by atoms with Crippen molar-refractivity contribution in [3.05, 3.63) is 54.1 Å². The summed E-state index contributed by atoms with van der Waals surface area (Å²) in [5.41, 5.74) is 1.85. The number of likely N-dealkylation sites (N-methyl/N-ethyl adjacent to an activating group) is 1. The maximum absolute atomic E-state index is 12.7. The number of benzene rings is 2. The third kappa shape index (κ3) is 4.12. The van der Waals surface area contributed by atoms with Crippen LogP contribution in [0.15, 0.2) is 53.4 Å². The number of nitrogens with zero attached hydrogens (tertiary/aromatic N) is 1. The number of ether oxygens (including phenoxy) is 1. The number of sulfonamides is 1. The van der Waals surface area contributed by atoms with Crippen molar-refractivity contribution in [2.45, 2.75) is 17.4 Å². The number of hydrogen-bond acceptors (Lipinski definition) is 5. The van der Waals surface area contributed by atoms with E-state index in [-0.39, 0.29) is 24.2 Å². The lowest BCUT2D eigenvalue weighted by atomic mass is 10.1. The first-order chi connectivity index (χ1) is 12.0. The first-order valence-electron chi connectivity index (χ1n) is 8.15. The average Bonchev–Trinajstić information content (AvgIpc) is 2.72. The highest BCUT2D eigenvalue weighted by Gasteiger charge is 2.28. The van der Waals surface area contributed by atoms with E-state index in [4.69, 9.17) is 9.84 Å². The maximum atomic E-state index is 12.7. The standard InChI is InChI=1S/C18H22N2O4S/c1-20(9-10-21)16-7-8-18-17(12-16)24-13-15(19-25(18,22)23)11-14-5-3-2-4-6-14/h2-8,12,15,19,21H,9-11,13H2,1H3/t15-/m1/s1. The molecule has 134 valence electrons. The van der Waals surface area contributed by atoms with Crippen molar-refractivity contribution in [3.63, 3.8) is 0 Å². The largest absolute Gasteiger partial charge is 0.490 e. The zero-order valence-corrected chi connectivity index (χ0v) is 14.9. The molecule has 1 heterocycles. The molecule has 6 nitrogen and oxygen atoms in total. The molecule has 1 aliphatic rings. The van der Waals surface area contributed by atoms with Crippen molar-refractivity contribution >= 4 is 15.7 Å². The molecule has 2 aromatic rings. The van der Waals surface area contributed by atoms with E-state index >= 15 is 0 Å². The van der Waals surface area contributed by atoms with E-state index in [1.165, 1.54) is 0 Å². The Kier molecular flexibility index (Phi) is 5.27. The Hall–Kier alpha value is -2.09. The summed E-state index contributed by atoms with van der Waals surface area (Å²) in [6, 6.07) is 14.4. The number of fused-ring (bicyclic) bond motifs is 1. The van der Waals surface area contributed by atoms with Crippen LogP contribution in [0.3, 0.4) is 0 Å². The van der Waals surface area contributed by atoms with Gasteiger partial charge in [0.05, 0.1) is 12.6 Å². The quantitative estimate of drug-likeness (QED) is 0.841. The maximum Gasteiger partial charge on any atom is 0.244 e. The van der Waals surface area contributed by atoms with Crippen LogP contribution in [-0.2, 0) is 16.4 Å². The topological polar surface area (TPSA) is 78.9 Å². The van der Waals surface area contributed by atoms with Crippen molar-refractivity contribution < 1.29 is 18.3 Å². The second-order valence-corrected chi connectivity index (χ2v) is 7.78. The van der Waals surface area contributed by atoms with Crippen molar-refractivity contribution in [2.75, 3.05) is 31.7 Å². The average molecular weight is 362 g/mol. The molecule has 1 aliphatic heterocycles. The number of hydrogen-bond donors (Lipinski definition) is 2. The molecule has 0 bridgehead atoms. The molecule has 1 atom stereocenters. The molecule has 7 heteroatoms. The Labute approximate surface area is 148 Å². The number of aliphatic hydroxyl groups is 1. The number of nitrogens with one attached hydrogen (secondary N) is 1. The van der Waals surface area contributed by atoms with Gasteiger partial charge in [0.2, 0.25) is 10.0 Å². The van der Waals surface area contributed by atoms with Gasteiger partial charge in [-0.05, 0) is 24.1 Å². The molecule has 0 spiro atoms. The molecule has 2 aromatic carbocycles. The van der Waals surface area contributed by atoms with E-state index in [0.29, 0.717) is 18.7 Å². The van der Waals surface area contributed by atoms with Crippen molar-refractivity contribution in [1.29, 1.82) is 0 Å². The molecule has 3 rings (SSSR count). The lowest BCUT2D eigenvalue weighted by Crippen LogP contribution is -2.38. The fraction of sp³-hybridized carbons (Fsp3) is 0.333. The number of aliphatic hydroxyl groups excluding tert-OH is 1. The summed E-state index contributed by atoms with van der Waals surface area (Å²) in [5.74, 6) is 0.338. The fourth-order valence-corrected chi connectivity index (χ4v) is 4.20. The van der Waals surface area contributed by atoms with Crippen molar-refractivity contribution in [2.24, 2.45) is 0 Å². The molecule has 0 amide bonds. The molecule has 2 N–H and O–H groups in total. The van der Waals surface area contributed by atoms with E-state index in [1.54, 1.807) is 18.2 Å². The molecular weight excluding hydrogens is 340 g/mol. The molecule has 25 heavy (non-hydrogen) atoms. The van der Waals surface area contributed by atoms with Crippen LogP contribution in [0.1, 0.15) is 5.56 Å². The highest BCUT2D eigenvalue weighted by atomic mass is 32.2. The Balaban J connectivity index is 1.84. The predicted octanol–water partition coefficient (Wildman–Crippen LogP) is 1.40. The van der Waals surface area contributed by atoms with Crippen molar-refractivity contribution in [3.8, 4) is 5.75 Å². The molecule has 0 radical (unpaired) electrons. The van der Waals surface area contributed by atoms with E-state index in [2.05, 4.69) is 4.72 Å². The minimum absolute atomic E-state index is 0.0213. The van der Waals surface area contributed by atoms with Crippen LogP contribution < -0.4 is 14.4 Å². The fourth-order valence-electron chi connectivity index (χ4n) is 2.85. The second-order valence-electron chi connectivity index (χ2n) is 6.10. The number of rotatable bonds is 5. The summed E-state index contributed by atoms with van der Waals surface area (Å²) in [6.45, 7) is 0.738. The summed E-state index contributed by atoms with van der Waals surface area (Å²) < 4.78 is 33.8. The van der Waals surface area contributed by atoms with Crippen LogP contribution >= 0.6 is 0 Å². The van der Waals surface area contributed by atoms with Gasteiger partial charge >= 0.3 is 0 Å². The minimum Gasteiger partial charge on any atom is -0.490 e. The van der Waals surface area contributed by atoms with Crippen LogP contribution in [0, 0.1) is 0 Å². The van der Waals surface area contributed by atoms with Crippen LogP contribution in [0.5, 0.6) is 5.75 Å². The molecule has 0 saturated heterocycles. The third-order valence-electron chi connectivity index (χ3n) is 4.18. The summed E-state index contributed by atoms with van der Waals surface area (Å²) in [6.07, 6.45) is 0.561. The third-order valence-corrected chi connectivity index (χ3v) is 5.74. The van der Waals surface area contributed by atoms with Crippen LogP contribution in [0.2, 0.25) is 0 Å². The van der Waals surface area contributed by atoms with Gasteiger partial charge in [-0.3, -0.25) is 0 Å². The molecule has 0 fully saturated rings. The van der Waals surface area contributed by atoms with Gasteiger partial charge in [-0.15, -0.1) is 0 Å². The van der Waals surface area contributed by atoms with Gasteiger partial charge in [-0.25, -0.2) is 13.1 Å². The highest BCUT2D eigenvalue weighted by molar-refractivity contribution is 7.89. The van der Waals surface area contributed by atoms with Gasteiger partial charge in [0.15, 0.2) is 0 Å². The smallest absolute Gasteiger partial charge is 0.244 e. The summed E-state index contributed by atoms with van der Waals surface area (Å²) >= 11 is 0. The summed E-state index contributed by atoms with van der Waals surface area (Å²) in [4.78, 5) is 1.99. The van der Waals surface area contributed by atoms with Crippen LogP contribution in [0.25, 0.3) is 0 Å². The Morgan fingerprint density at radius 2 is 2.00 bits per heavy atom. The van der Waals surface area contributed by atoms with Gasteiger partial charge in [-0.1, -0.05) is 30.3 Å². The minimum atomic E-state index is -3.65. The first-order valence-corrected chi connectivity index (χ1v) is 9.63. The monoisotopic (exact) mass is 362 g/mol. The van der Waals surface area contributed by atoms with Crippen LogP contribution in [0.4, 0.5) is 5.69 Å². The molecule has 0 unspecified atom stereocenters.